The lowest BCUT2D eigenvalue weighted by atomic mass is 10.1. The summed E-state index contributed by atoms with van der Waals surface area (Å²) in [5, 5.41) is 6.91. The molecule has 1 aromatic heterocycles. The second-order valence-electron chi connectivity index (χ2n) is 7.47. The Kier molecular flexibility index (Phi) is 9.70. The summed E-state index contributed by atoms with van der Waals surface area (Å²) in [6, 6.07) is 13.3. The zero-order valence-electron chi connectivity index (χ0n) is 17.8. The maximum atomic E-state index is 4.75. The van der Waals surface area contributed by atoms with E-state index in [1.54, 1.807) is 0 Å². The van der Waals surface area contributed by atoms with E-state index in [-0.39, 0.29) is 30.0 Å². The highest BCUT2D eigenvalue weighted by Crippen LogP contribution is 2.23. The van der Waals surface area contributed by atoms with Crippen LogP contribution in [-0.2, 0) is 6.42 Å². The summed E-state index contributed by atoms with van der Waals surface area (Å²) in [5.74, 6) is 0.863. The van der Waals surface area contributed by atoms with Crippen LogP contribution in [0.25, 0.3) is 0 Å². The zero-order chi connectivity index (χ0) is 19.8. The number of pyridine rings is 1. The molecule has 158 valence electrons. The standard InChI is InChI=1S/C23H33N5.HI/c1-4-24-23(25-13-12-20-11-10-18(2)26-17-20)27-19(3)21-8-7-9-22(16-21)28-14-5-6-15-28;/h7-11,16-17,19H,4-6,12-15H2,1-3H3,(H2,24,25,27);1H. The quantitative estimate of drug-likeness (QED) is 0.330. The van der Waals surface area contributed by atoms with Crippen LogP contribution < -0.4 is 15.5 Å². The lowest BCUT2D eigenvalue weighted by Crippen LogP contribution is -2.39. The molecule has 2 aromatic rings. The molecule has 0 radical (unpaired) electrons. The van der Waals surface area contributed by atoms with E-state index in [2.05, 4.69) is 70.8 Å². The van der Waals surface area contributed by atoms with Crippen molar-refractivity contribution >= 4 is 35.6 Å². The van der Waals surface area contributed by atoms with E-state index in [0.717, 1.165) is 31.2 Å². The molecule has 0 saturated carbocycles. The molecule has 1 saturated heterocycles. The van der Waals surface area contributed by atoms with E-state index < -0.39 is 0 Å². The van der Waals surface area contributed by atoms with Crippen LogP contribution in [0.4, 0.5) is 5.69 Å². The minimum atomic E-state index is 0. The number of rotatable bonds is 7. The minimum absolute atomic E-state index is 0. The maximum absolute atomic E-state index is 4.75. The zero-order valence-corrected chi connectivity index (χ0v) is 20.1. The molecule has 1 fully saturated rings. The smallest absolute Gasteiger partial charge is 0.191 e. The van der Waals surface area contributed by atoms with E-state index in [1.807, 2.05) is 13.1 Å². The Bertz CT molecular complexity index is 769. The molecule has 3 rings (SSSR count). The molecule has 6 heteroatoms. The highest BCUT2D eigenvalue weighted by atomic mass is 127. The van der Waals surface area contributed by atoms with Gasteiger partial charge in [0.05, 0.1) is 6.04 Å². The van der Waals surface area contributed by atoms with Crippen molar-refractivity contribution in [3.63, 3.8) is 0 Å². The lowest BCUT2D eigenvalue weighted by molar-refractivity contribution is 0.685. The normalized spacial score (nSPS) is 15.0. The van der Waals surface area contributed by atoms with Gasteiger partial charge in [-0.15, -0.1) is 24.0 Å². The Balaban J connectivity index is 0.00000300. The van der Waals surface area contributed by atoms with Gasteiger partial charge in [0, 0.05) is 43.8 Å². The van der Waals surface area contributed by atoms with Gasteiger partial charge in [-0.3, -0.25) is 9.98 Å². The molecule has 29 heavy (non-hydrogen) atoms. The molecule has 0 spiro atoms. The van der Waals surface area contributed by atoms with Crippen molar-refractivity contribution in [2.45, 2.75) is 46.1 Å². The topological polar surface area (TPSA) is 52.6 Å². The van der Waals surface area contributed by atoms with Crippen molar-refractivity contribution in [3.05, 3.63) is 59.4 Å². The second kappa shape index (κ2) is 12.0. The number of nitrogens with zero attached hydrogens (tertiary/aromatic N) is 3. The molecule has 5 nitrogen and oxygen atoms in total. The average molecular weight is 507 g/mol. The molecular formula is C23H34IN5. The van der Waals surface area contributed by atoms with Crippen molar-refractivity contribution in [3.8, 4) is 0 Å². The highest BCUT2D eigenvalue weighted by molar-refractivity contribution is 14.0. The molecule has 1 aliphatic rings. The Morgan fingerprint density at radius 1 is 1.21 bits per heavy atom. The SMILES string of the molecule is CCNC(=NCCc1ccc(C)nc1)NC(C)c1cccc(N2CCCC2)c1.I. The largest absolute Gasteiger partial charge is 0.372 e. The molecule has 1 aliphatic heterocycles. The molecule has 2 N–H and O–H groups in total. The number of anilines is 1. The molecule has 0 amide bonds. The van der Waals surface area contributed by atoms with Crippen molar-refractivity contribution in [1.29, 1.82) is 0 Å². The number of guanidine groups is 1. The summed E-state index contributed by atoms with van der Waals surface area (Å²) in [7, 11) is 0. The molecule has 1 aromatic carbocycles. The Labute approximate surface area is 192 Å². The number of aryl methyl sites for hydroxylation is 1. The van der Waals surface area contributed by atoms with E-state index in [4.69, 9.17) is 4.99 Å². The fraction of sp³-hybridized carbons (Fsp3) is 0.478. The third kappa shape index (κ3) is 7.17. The lowest BCUT2D eigenvalue weighted by Gasteiger charge is -2.22. The van der Waals surface area contributed by atoms with Gasteiger partial charge in [0.15, 0.2) is 5.96 Å². The maximum Gasteiger partial charge on any atom is 0.191 e. The Hall–Kier alpha value is -1.83. The fourth-order valence-corrected chi connectivity index (χ4v) is 3.52. The van der Waals surface area contributed by atoms with Crippen LogP contribution in [0.5, 0.6) is 0 Å². The van der Waals surface area contributed by atoms with Crippen LogP contribution in [0.3, 0.4) is 0 Å². The van der Waals surface area contributed by atoms with Crippen molar-refractivity contribution in [1.82, 2.24) is 15.6 Å². The summed E-state index contributed by atoms with van der Waals surface area (Å²) in [6.07, 6.45) is 5.43. The van der Waals surface area contributed by atoms with Crippen LogP contribution in [0.2, 0.25) is 0 Å². The third-order valence-electron chi connectivity index (χ3n) is 5.18. The summed E-state index contributed by atoms with van der Waals surface area (Å²) in [6.45, 7) is 10.2. The van der Waals surface area contributed by atoms with Gasteiger partial charge in [-0.05, 0) is 69.4 Å². The van der Waals surface area contributed by atoms with E-state index in [9.17, 15) is 0 Å². The average Bonchev–Trinajstić information content (AvgIpc) is 3.24. The molecular weight excluding hydrogens is 473 g/mol. The van der Waals surface area contributed by atoms with Crippen molar-refractivity contribution < 1.29 is 0 Å². The monoisotopic (exact) mass is 507 g/mol. The Morgan fingerprint density at radius 2 is 2.00 bits per heavy atom. The first kappa shape index (κ1) is 23.4. The molecule has 0 aliphatic carbocycles. The van der Waals surface area contributed by atoms with Gasteiger partial charge in [0.1, 0.15) is 0 Å². The van der Waals surface area contributed by atoms with E-state index >= 15 is 0 Å². The van der Waals surface area contributed by atoms with E-state index in [0.29, 0.717) is 0 Å². The summed E-state index contributed by atoms with van der Waals surface area (Å²) in [4.78, 5) is 11.6. The summed E-state index contributed by atoms with van der Waals surface area (Å²) >= 11 is 0. The van der Waals surface area contributed by atoms with Gasteiger partial charge >= 0.3 is 0 Å². The van der Waals surface area contributed by atoms with Crippen LogP contribution >= 0.6 is 24.0 Å². The van der Waals surface area contributed by atoms with Gasteiger partial charge in [-0.2, -0.15) is 0 Å². The van der Waals surface area contributed by atoms with Gasteiger partial charge in [-0.25, -0.2) is 0 Å². The van der Waals surface area contributed by atoms with Gasteiger partial charge in [0.25, 0.3) is 0 Å². The number of aliphatic imine (C=N–C) groups is 1. The minimum Gasteiger partial charge on any atom is -0.372 e. The first-order valence-corrected chi connectivity index (χ1v) is 10.5. The summed E-state index contributed by atoms with van der Waals surface area (Å²) < 4.78 is 0. The number of nitrogens with one attached hydrogen (secondary N) is 2. The highest BCUT2D eigenvalue weighted by Gasteiger charge is 2.14. The van der Waals surface area contributed by atoms with Gasteiger partial charge in [-0.1, -0.05) is 18.2 Å². The number of hydrogen-bond donors (Lipinski definition) is 2. The third-order valence-corrected chi connectivity index (χ3v) is 5.18. The fourth-order valence-electron chi connectivity index (χ4n) is 3.52. The van der Waals surface area contributed by atoms with Crippen LogP contribution in [-0.4, -0.2) is 37.1 Å². The summed E-state index contributed by atoms with van der Waals surface area (Å²) in [5.41, 5.74) is 4.89. The predicted octanol–water partition coefficient (Wildman–Crippen LogP) is 4.47. The van der Waals surface area contributed by atoms with Gasteiger partial charge in [0.2, 0.25) is 0 Å². The number of halogens is 1. The first-order valence-electron chi connectivity index (χ1n) is 10.5. The molecule has 2 heterocycles. The molecule has 0 bridgehead atoms. The van der Waals surface area contributed by atoms with E-state index in [1.165, 1.54) is 42.7 Å². The number of aromatic nitrogens is 1. The molecule has 1 atom stereocenters. The van der Waals surface area contributed by atoms with Crippen LogP contribution in [0.1, 0.15) is 49.6 Å². The Morgan fingerprint density at radius 3 is 2.69 bits per heavy atom. The number of hydrogen-bond acceptors (Lipinski definition) is 3. The second-order valence-corrected chi connectivity index (χ2v) is 7.47. The number of benzene rings is 1. The van der Waals surface area contributed by atoms with Crippen molar-refractivity contribution in [2.75, 3.05) is 31.1 Å². The first-order chi connectivity index (χ1) is 13.7. The molecule has 1 unspecified atom stereocenters. The van der Waals surface area contributed by atoms with Crippen molar-refractivity contribution in [2.24, 2.45) is 4.99 Å². The van der Waals surface area contributed by atoms with Crippen LogP contribution in [0.15, 0.2) is 47.6 Å². The predicted molar refractivity (Wildman–Crippen MR) is 134 cm³/mol. The van der Waals surface area contributed by atoms with Gasteiger partial charge < -0.3 is 15.5 Å². The van der Waals surface area contributed by atoms with Crippen LogP contribution in [0, 0.1) is 6.92 Å².